The van der Waals surface area contributed by atoms with Crippen LogP contribution < -0.4 is 16.4 Å². The highest BCUT2D eigenvalue weighted by molar-refractivity contribution is 5.95. The molecule has 0 atom stereocenters. The molecule has 1 aromatic rings. The van der Waals surface area contributed by atoms with Crippen molar-refractivity contribution >= 4 is 23.0 Å². The van der Waals surface area contributed by atoms with Crippen LogP contribution in [0, 0.1) is 5.41 Å². The number of amides is 1. The van der Waals surface area contributed by atoms with Gasteiger partial charge in [0.15, 0.2) is 0 Å². The number of carbonyl (C=O) groups is 1. The highest BCUT2D eigenvalue weighted by Crippen LogP contribution is 2.38. The molecular formula is C17H25N3O. The Morgan fingerprint density at radius 2 is 1.95 bits per heavy atom. The summed E-state index contributed by atoms with van der Waals surface area (Å²) in [5, 5.41) is 6.52. The molecule has 1 aromatic carbocycles. The van der Waals surface area contributed by atoms with Crippen LogP contribution >= 0.6 is 0 Å². The maximum absolute atomic E-state index is 11.5. The summed E-state index contributed by atoms with van der Waals surface area (Å²) in [4.78, 5) is 11.5. The van der Waals surface area contributed by atoms with Gasteiger partial charge in [0.25, 0.3) is 0 Å². The largest absolute Gasteiger partial charge is 0.397 e. The highest BCUT2D eigenvalue weighted by atomic mass is 16.1. The van der Waals surface area contributed by atoms with Gasteiger partial charge >= 0.3 is 0 Å². The number of fused-ring (bicyclic) bond motifs is 1. The van der Waals surface area contributed by atoms with Gasteiger partial charge in [-0.15, -0.1) is 0 Å². The van der Waals surface area contributed by atoms with E-state index in [4.69, 9.17) is 5.73 Å². The number of nitrogens with two attached hydrogens (primary N) is 1. The second-order valence-electron chi connectivity index (χ2n) is 7.23. The van der Waals surface area contributed by atoms with E-state index in [2.05, 4.69) is 24.5 Å². The average molecular weight is 287 g/mol. The van der Waals surface area contributed by atoms with Gasteiger partial charge in [-0.1, -0.05) is 13.8 Å². The molecule has 1 aliphatic heterocycles. The molecule has 4 heteroatoms. The molecule has 0 spiro atoms. The van der Waals surface area contributed by atoms with Crippen LogP contribution in [-0.4, -0.2) is 11.9 Å². The molecule has 1 aliphatic carbocycles. The maximum atomic E-state index is 11.5. The Bertz CT molecular complexity index is 555. The van der Waals surface area contributed by atoms with E-state index < -0.39 is 0 Å². The Hall–Kier alpha value is -1.71. The molecule has 0 radical (unpaired) electrons. The van der Waals surface area contributed by atoms with Crippen LogP contribution in [0.3, 0.4) is 0 Å². The summed E-state index contributed by atoms with van der Waals surface area (Å²) < 4.78 is 0. The smallest absolute Gasteiger partial charge is 0.224 e. The molecule has 1 saturated carbocycles. The molecule has 114 valence electrons. The van der Waals surface area contributed by atoms with Crippen LogP contribution in [0.4, 0.5) is 17.1 Å². The summed E-state index contributed by atoms with van der Waals surface area (Å²) in [6.07, 6.45) is 6.17. The lowest BCUT2D eigenvalue weighted by atomic mass is 9.75. The van der Waals surface area contributed by atoms with Crippen molar-refractivity contribution < 1.29 is 4.79 Å². The lowest BCUT2D eigenvalue weighted by molar-refractivity contribution is -0.116. The number of nitrogens with one attached hydrogen (secondary N) is 2. The zero-order valence-corrected chi connectivity index (χ0v) is 13.0. The van der Waals surface area contributed by atoms with Crippen LogP contribution in [0.2, 0.25) is 0 Å². The van der Waals surface area contributed by atoms with E-state index in [-0.39, 0.29) is 5.91 Å². The van der Waals surface area contributed by atoms with Crippen LogP contribution in [0.15, 0.2) is 12.1 Å². The summed E-state index contributed by atoms with van der Waals surface area (Å²) in [5.74, 6) is 0.0950. The minimum Gasteiger partial charge on any atom is -0.397 e. The van der Waals surface area contributed by atoms with Crippen LogP contribution in [0.5, 0.6) is 0 Å². The Labute approximate surface area is 126 Å². The highest BCUT2D eigenvalue weighted by Gasteiger charge is 2.27. The molecule has 0 bridgehead atoms. The normalized spacial score (nSPS) is 21.5. The van der Waals surface area contributed by atoms with Crippen LogP contribution in [0.1, 0.15) is 51.5 Å². The summed E-state index contributed by atoms with van der Waals surface area (Å²) in [5.41, 5.74) is 10.4. The minimum atomic E-state index is 0.0950. The zero-order chi connectivity index (χ0) is 15.0. The van der Waals surface area contributed by atoms with Crippen molar-refractivity contribution in [1.82, 2.24) is 0 Å². The number of nitrogen functional groups attached to an aromatic ring is 1. The van der Waals surface area contributed by atoms with Gasteiger partial charge < -0.3 is 16.4 Å². The quantitative estimate of drug-likeness (QED) is 0.729. The Kier molecular flexibility index (Phi) is 3.56. The summed E-state index contributed by atoms with van der Waals surface area (Å²) >= 11 is 0. The van der Waals surface area contributed by atoms with Gasteiger partial charge in [-0.25, -0.2) is 0 Å². The van der Waals surface area contributed by atoms with Crippen LogP contribution in [0.25, 0.3) is 0 Å². The molecule has 21 heavy (non-hydrogen) atoms. The van der Waals surface area contributed by atoms with Gasteiger partial charge in [-0.3, -0.25) is 4.79 Å². The van der Waals surface area contributed by atoms with E-state index in [1.54, 1.807) is 0 Å². The Morgan fingerprint density at radius 1 is 1.24 bits per heavy atom. The zero-order valence-electron chi connectivity index (χ0n) is 13.0. The van der Waals surface area contributed by atoms with Gasteiger partial charge in [0.05, 0.1) is 11.4 Å². The van der Waals surface area contributed by atoms with E-state index in [0.29, 0.717) is 17.9 Å². The van der Waals surface area contributed by atoms with E-state index in [0.717, 1.165) is 29.0 Å². The predicted molar refractivity (Wildman–Crippen MR) is 87.5 cm³/mol. The van der Waals surface area contributed by atoms with Gasteiger partial charge in [-0.2, -0.15) is 0 Å². The van der Waals surface area contributed by atoms with E-state index in [1.807, 2.05) is 12.1 Å². The molecule has 4 N–H and O–H groups in total. The molecule has 1 heterocycles. The Balaban J connectivity index is 1.74. The molecule has 1 amide bonds. The SMILES string of the molecule is CC1(C)CCC(Nc2cc3c(cc2N)CCC(=O)N3)CC1. The molecule has 3 rings (SSSR count). The molecular weight excluding hydrogens is 262 g/mol. The second-order valence-corrected chi connectivity index (χ2v) is 7.23. The van der Waals surface area contributed by atoms with Gasteiger partial charge in [0, 0.05) is 18.2 Å². The van der Waals surface area contributed by atoms with E-state index in [9.17, 15) is 4.79 Å². The van der Waals surface area contributed by atoms with Crippen molar-refractivity contribution in [2.45, 2.75) is 58.4 Å². The fourth-order valence-electron chi connectivity index (χ4n) is 3.34. The second kappa shape index (κ2) is 5.24. The first kappa shape index (κ1) is 14.2. The number of aryl methyl sites for hydroxylation is 1. The maximum Gasteiger partial charge on any atom is 0.224 e. The van der Waals surface area contributed by atoms with E-state index in [1.165, 1.54) is 25.7 Å². The van der Waals surface area contributed by atoms with Crippen molar-refractivity contribution in [1.29, 1.82) is 0 Å². The van der Waals surface area contributed by atoms with Gasteiger partial charge in [-0.05, 0) is 55.2 Å². The number of hydrogen-bond acceptors (Lipinski definition) is 3. The van der Waals surface area contributed by atoms with Crippen molar-refractivity contribution in [3.05, 3.63) is 17.7 Å². The van der Waals surface area contributed by atoms with Gasteiger partial charge in [0.1, 0.15) is 0 Å². The van der Waals surface area contributed by atoms with Crippen molar-refractivity contribution in [3.63, 3.8) is 0 Å². The fourth-order valence-corrected chi connectivity index (χ4v) is 3.34. The first-order chi connectivity index (χ1) is 9.93. The first-order valence-electron chi connectivity index (χ1n) is 7.92. The molecule has 0 unspecified atom stereocenters. The summed E-state index contributed by atoms with van der Waals surface area (Å²) in [6.45, 7) is 4.68. The van der Waals surface area contributed by atoms with Crippen molar-refractivity contribution in [2.24, 2.45) is 5.41 Å². The number of hydrogen-bond donors (Lipinski definition) is 3. The lowest BCUT2D eigenvalue weighted by Crippen LogP contribution is -2.30. The third-order valence-corrected chi connectivity index (χ3v) is 4.87. The molecule has 0 saturated heterocycles. The summed E-state index contributed by atoms with van der Waals surface area (Å²) in [6, 6.07) is 4.49. The topological polar surface area (TPSA) is 67.1 Å². The monoisotopic (exact) mass is 287 g/mol. The number of carbonyl (C=O) groups excluding carboxylic acids is 1. The van der Waals surface area contributed by atoms with Crippen molar-refractivity contribution in [2.75, 3.05) is 16.4 Å². The summed E-state index contributed by atoms with van der Waals surface area (Å²) in [7, 11) is 0. The minimum absolute atomic E-state index is 0.0950. The number of rotatable bonds is 2. The van der Waals surface area contributed by atoms with Gasteiger partial charge in [0.2, 0.25) is 5.91 Å². The third-order valence-electron chi connectivity index (χ3n) is 4.87. The van der Waals surface area contributed by atoms with Crippen LogP contribution in [-0.2, 0) is 11.2 Å². The number of anilines is 3. The van der Waals surface area contributed by atoms with E-state index >= 15 is 0 Å². The average Bonchev–Trinajstić information content (AvgIpc) is 2.42. The van der Waals surface area contributed by atoms with Crippen molar-refractivity contribution in [3.8, 4) is 0 Å². The fraction of sp³-hybridized carbons (Fsp3) is 0.588. The Morgan fingerprint density at radius 3 is 2.67 bits per heavy atom. The number of benzene rings is 1. The standard InChI is InChI=1S/C17H25N3O/c1-17(2)7-5-12(6-8-17)19-15-10-14-11(9-13(15)18)3-4-16(21)20-14/h9-10,12,19H,3-8,18H2,1-2H3,(H,20,21). The molecule has 4 nitrogen and oxygen atoms in total. The first-order valence-corrected chi connectivity index (χ1v) is 7.92. The lowest BCUT2D eigenvalue weighted by Gasteiger charge is -2.35. The molecule has 0 aromatic heterocycles. The predicted octanol–water partition coefficient (Wildman–Crippen LogP) is 3.53. The molecule has 1 fully saturated rings. The molecule has 2 aliphatic rings. The third kappa shape index (κ3) is 3.14.